The summed E-state index contributed by atoms with van der Waals surface area (Å²) in [7, 11) is 1.33. The molecule has 1 heterocycles. The SMILES string of the molecule is COc1c(Oc2cc(F)ccc2C)nc[nH]c1=O. The smallest absolute Gasteiger partial charge is 0.297 e. The Morgan fingerprint density at radius 3 is 2.89 bits per heavy atom. The van der Waals surface area contributed by atoms with Gasteiger partial charge in [0.15, 0.2) is 0 Å². The van der Waals surface area contributed by atoms with Crippen molar-refractivity contribution >= 4 is 0 Å². The molecule has 0 atom stereocenters. The molecule has 0 fully saturated rings. The van der Waals surface area contributed by atoms with E-state index in [2.05, 4.69) is 9.97 Å². The molecule has 1 N–H and O–H groups in total. The number of rotatable bonds is 3. The molecule has 2 rings (SSSR count). The maximum atomic E-state index is 13.1. The van der Waals surface area contributed by atoms with Crippen LogP contribution in [0.25, 0.3) is 0 Å². The average Bonchev–Trinajstić information content (AvgIpc) is 2.34. The molecule has 0 radical (unpaired) electrons. The van der Waals surface area contributed by atoms with Crippen molar-refractivity contribution in [3.8, 4) is 17.4 Å². The Morgan fingerprint density at radius 1 is 1.39 bits per heavy atom. The van der Waals surface area contributed by atoms with Crippen molar-refractivity contribution in [2.24, 2.45) is 0 Å². The van der Waals surface area contributed by atoms with Crippen LogP contribution in [0.4, 0.5) is 4.39 Å². The number of aromatic nitrogens is 2. The van der Waals surface area contributed by atoms with Crippen LogP contribution >= 0.6 is 0 Å². The van der Waals surface area contributed by atoms with Gasteiger partial charge in [0.25, 0.3) is 11.4 Å². The molecule has 5 nitrogen and oxygen atoms in total. The topological polar surface area (TPSA) is 64.2 Å². The lowest BCUT2D eigenvalue weighted by atomic mass is 10.2. The number of hydrogen-bond acceptors (Lipinski definition) is 4. The van der Waals surface area contributed by atoms with Crippen molar-refractivity contribution in [1.82, 2.24) is 9.97 Å². The van der Waals surface area contributed by atoms with Gasteiger partial charge in [-0.25, -0.2) is 9.37 Å². The molecule has 0 bridgehead atoms. The first-order valence-electron chi connectivity index (χ1n) is 5.17. The van der Waals surface area contributed by atoms with Crippen LogP contribution in [0, 0.1) is 12.7 Å². The maximum Gasteiger partial charge on any atom is 0.297 e. The fourth-order valence-electron chi connectivity index (χ4n) is 1.41. The average molecular weight is 250 g/mol. The lowest BCUT2D eigenvalue weighted by Gasteiger charge is -2.09. The normalized spacial score (nSPS) is 10.2. The van der Waals surface area contributed by atoms with Crippen LogP contribution in [0.5, 0.6) is 17.4 Å². The van der Waals surface area contributed by atoms with Gasteiger partial charge in [-0.05, 0) is 18.6 Å². The van der Waals surface area contributed by atoms with Crippen molar-refractivity contribution in [2.75, 3.05) is 7.11 Å². The van der Waals surface area contributed by atoms with Gasteiger partial charge in [0.2, 0.25) is 5.75 Å². The van der Waals surface area contributed by atoms with Crippen molar-refractivity contribution in [3.05, 3.63) is 46.3 Å². The number of nitrogens with one attached hydrogen (secondary N) is 1. The first-order valence-corrected chi connectivity index (χ1v) is 5.17. The molecule has 18 heavy (non-hydrogen) atoms. The Kier molecular flexibility index (Phi) is 3.27. The molecule has 1 aromatic carbocycles. The molecule has 94 valence electrons. The van der Waals surface area contributed by atoms with Gasteiger partial charge >= 0.3 is 0 Å². The largest absolute Gasteiger partial charge is 0.487 e. The van der Waals surface area contributed by atoms with Gasteiger partial charge in [-0.3, -0.25) is 4.79 Å². The number of halogens is 1. The minimum atomic E-state index is -0.462. The summed E-state index contributed by atoms with van der Waals surface area (Å²) in [5, 5.41) is 0. The molecule has 0 spiro atoms. The molecule has 0 aliphatic heterocycles. The quantitative estimate of drug-likeness (QED) is 0.905. The summed E-state index contributed by atoms with van der Waals surface area (Å²) in [6.45, 7) is 1.76. The molecule has 0 saturated carbocycles. The second kappa shape index (κ2) is 4.87. The Labute approximate surface area is 102 Å². The number of aryl methyl sites for hydroxylation is 1. The summed E-state index contributed by atoms with van der Waals surface area (Å²) in [5.41, 5.74) is 0.261. The molecule has 6 heteroatoms. The van der Waals surface area contributed by atoms with Crippen LogP contribution in [-0.2, 0) is 0 Å². The van der Waals surface area contributed by atoms with Crippen LogP contribution in [-0.4, -0.2) is 17.1 Å². The molecule has 0 unspecified atom stereocenters. The third-order valence-corrected chi connectivity index (χ3v) is 2.34. The summed E-state index contributed by atoms with van der Waals surface area (Å²) in [5.74, 6) is -0.207. The van der Waals surface area contributed by atoms with E-state index in [1.807, 2.05) is 0 Å². The predicted octanol–water partition coefficient (Wildman–Crippen LogP) is 2.02. The number of ether oxygens (including phenoxy) is 2. The van der Waals surface area contributed by atoms with E-state index in [-0.39, 0.29) is 17.4 Å². The highest BCUT2D eigenvalue weighted by molar-refractivity contribution is 5.39. The number of aromatic amines is 1. The minimum Gasteiger partial charge on any atom is -0.487 e. The fourth-order valence-corrected chi connectivity index (χ4v) is 1.41. The zero-order valence-electron chi connectivity index (χ0n) is 9.86. The third kappa shape index (κ3) is 2.32. The highest BCUT2D eigenvalue weighted by atomic mass is 19.1. The first kappa shape index (κ1) is 12.1. The summed E-state index contributed by atoms with van der Waals surface area (Å²) in [6, 6.07) is 4.12. The number of hydrogen-bond donors (Lipinski definition) is 1. The standard InChI is InChI=1S/C12H11FN2O3/c1-7-3-4-8(13)5-9(7)18-12-10(17-2)11(16)14-6-15-12/h3-6H,1-2H3,(H,14,15,16). The molecule has 0 aliphatic rings. The van der Waals surface area contributed by atoms with E-state index in [1.54, 1.807) is 13.0 Å². The van der Waals surface area contributed by atoms with Crippen LogP contribution in [0.2, 0.25) is 0 Å². The third-order valence-electron chi connectivity index (χ3n) is 2.34. The predicted molar refractivity (Wildman–Crippen MR) is 62.6 cm³/mol. The van der Waals surface area contributed by atoms with Gasteiger partial charge in [-0.1, -0.05) is 6.07 Å². The van der Waals surface area contributed by atoms with Gasteiger partial charge < -0.3 is 14.5 Å². The molecule has 2 aromatic rings. The van der Waals surface area contributed by atoms with Crippen LogP contribution < -0.4 is 15.0 Å². The maximum absolute atomic E-state index is 13.1. The highest BCUT2D eigenvalue weighted by Crippen LogP contribution is 2.28. The number of benzene rings is 1. The van der Waals surface area contributed by atoms with Crippen molar-refractivity contribution in [1.29, 1.82) is 0 Å². The molecule has 1 aromatic heterocycles. The second-order valence-electron chi connectivity index (χ2n) is 3.58. The zero-order chi connectivity index (χ0) is 13.1. The Morgan fingerprint density at radius 2 is 2.17 bits per heavy atom. The summed E-state index contributed by atoms with van der Waals surface area (Å²) < 4.78 is 23.4. The van der Waals surface area contributed by atoms with Gasteiger partial charge in [0, 0.05) is 6.07 Å². The van der Waals surface area contributed by atoms with E-state index < -0.39 is 11.4 Å². The van der Waals surface area contributed by atoms with E-state index in [9.17, 15) is 9.18 Å². The van der Waals surface area contributed by atoms with Crippen LogP contribution in [0.1, 0.15) is 5.56 Å². The molecule has 0 aliphatic carbocycles. The number of nitrogens with zero attached hydrogens (tertiary/aromatic N) is 1. The summed E-state index contributed by atoms with van der Waals surface area (Å²) in [6.07, 6.45) is 1.19. The van der Waals surface area contributed by atoms with E-state index in [1.165, 1.54) is 25.6 Å². The zero-order valence-corrected chi connectivity index (χ0v) is 9.86. The van der Waals surface area contributed by atoms with Gasteiger partial charge in [0.1, 0.15) is 11.6 Å². The Hall–Kier alpha value is -2.37. The van der Waals surface area contributed by atoms with E-state index >= 15 is 0 Å². The van der Waals surface area contributed by atoms with Gasteiger partial charge in [-0.15, -0.1) is 0 Å². The Bertz CT molecular complexity index is 625. The van der Waals surface area contributed by atoms with E-state index in [0.29, 0.717) is 0 Å². The van der Waals surface area contributed by atoms with Crippen molar-refractivity contribution in [2.45, 2.75) is 6.92 Å². The van der Waals surface area contributed by atoms with Crippen molar-refractivity contribution < 1.29 is 13.9 Å². The lowest BCUT2D eigenvalue weighted by Crippen LogP contribution is -2.11. The van der Waals surface area contributed by atoms with Gasteiger partial charge in [0.05, 0.1) is 13.4 Å². The minimum absolute atomic E-state index is 0.00468. The number of H-pyrrole nitrogens is 1. The van der Waals surface area contributed by atoms with E-state index in [0.717, 1.165) is 5.56 Å². The van der Waals surface area contributed by atoms with Crippen LogP contribution in [0.3, 0.4) is 0 Å². The second-order valence-corrected chi connectivity index (χ2v) is 3.58. The highest BCUT2D eigenvalue weighted by Gasteiger charge is 2.12. The summed E-state index contributed by atoms with van der Waals surface area (Å²) >= 11 is 0. The van der Waals surface area contributed by atoms with Gasteiger partial charge in [-0.2, -0.15) is 0 Å². The summed E-state index contributed by atoms with van der Waals surface area (Å²) in [4.78, 5) is 17.6. The molecule has 0 amide bonds. The monoisotopic (exact) mass is 250 g/mol. The van der Waals surface area contributed by atoms with E-state index in [4.69, 9.17) is 9.47 Å². The van der Waals surface area contributed by atoms with Crippen molar-refractivity contribution in [3.63, 3.8) is 0 Å². The molecular weight excluding hydrogens is 239 g/mol. The molecular formula is C12H11FN2O3. The fraction of sp³-hybridized carbons (Fsp3) is 0.167. The molecule has 0 saturated heterocycles. The Balaban J connectivity index is 2.43. The first-order chi connectivity index (χ1) is 8.61. The van der Waals surface area contributed by atoms with Crippen LogP contribution in [0.15, 0.2) is 29.3 Å². The number of methoxy groups -OCH3 is 1. The lowest BCUT2D eigenvalue weighted by molar-refractivity contribution is 0.361.